The Hall–Kier alpha value is -1.17. The van der Waals surface area contributed by atoms with Crippen molar-refractivity contribution in [3.8, 4) is 11.8 Å². The Labute approximate surface area is 131 Å². The number of carbonyl (C=O) groups excluding carboxylic acids is 1. The standard InChI is InChI=1S/C18H33NO2/c1-13(2)12-16(10-11-18(7,8)9)21-17(20)19(14(3)4)15(5)6/h13-16H,12H2,1-9H3/t16-/m1/s1. The molecule has 3 nitrogen and oxygen atoms in total. The molecule has 1 amide bonds. The van der Waals surface area contributed by atoms with Gasteiger partial charge in [0.2, 0.25) is 0 Å². The molecule has 1 atom stereocenters. The van der Waals surface area contributed by atoms with E-state index in [4.69, 9.17) is 4.74 Å². The largest absolute Gasteiger partial charge is 0.433 e. The van der Waals surface area contributed by atoms with Crippen LogP contribution in [0.25, 0.3) is 0 Å². The Bertz CT molecular complexity index is 372. The summed E-state index contributed by atoms with van der Waals surface area (Å²) in [5.74, 6) is 6.75. The highest BCUT2D eigenvalue weighted by Crippen LogP contribution is 2.15. The Balaban J connectivity index is 5.03. The zero-order valence-corrected chi connectivity index (χ0v) is 15.3. The third-order valence-corrected chi connectivity index (χ3v) is 2.86. The molecule has 0 saturated carbocycles. The van der Waals surface area contributed by atoms with E-state index in [9.17, 15) is 4.79 Å². The van der Waals surface area contributed by atoms with Crippen molar-refractivity contribution in [3.63, 3.8) is 0 Å². The van der Waals surface area contributed by atoms with Gasteiger partial charge in [-0.1, -0.05) is 25.7 Å². The van der Waals surface area contributed by atoms with Crippen molar-refractivity contribution in [1.82, 2.24) is 4.90 Å². The number of hydrogen-bond acceptors (Lipinski definition) is 2. The fourth-order valence-electron chi connectivity index (χ4n) is 2.06. The fraction of sp³-hybridized carbons (Fsp3) is 0.833. The maximum absolute atomic E-state index is 12.4. The van der Waals surface area contributed by atoms with Gasteiger partial charge in [-0.3, -0.25) is 0 Å². The molecule has 0 aromatic rings. The van der Waals surface area contributed by atoms with Crippen LogP contribution in [0.4, 0.5) is 4.79 Å². The van der Waals surface area contributed by atoms with Crippen molar-refractivity contribution in [2.45, 2.75) is 86.9 Å². The highest BCUT2D eigenvalue weighted by atomic mass is 16.6. The summed E-state index contributed by atoms with van der Waals surface area (Å²) in [5, 5.41) is 0. The molecule has 0 fully saturated rings. The highest BCUT2D eigenvalue weighted by molar-refractivity contribution is 5.68. The van der Waals surface area contributed by atoms with Crippen LogP contribution in [-0.2, 0) is 4.74 Å². The van der Waals surface area contributed by atoms with Crippen molar-refractivity contribution in [1.29, 1.82) is 0 Å². The van der Waals surface area contributed by atoms with Crippen molar-refractivity contribution >= 4 is 6.09 Å². The number of amides is 1. The first-order chi connectivity index (χ1) is 9.44. The Morgan fingerprint density at radius 1 is 1.05 bits per heavy atom. The van der Waals surface area contributed by atoms with E-state index >= 15 is 0 Å². The number of nitrogens with zero attached hydrogens (tertiary/aromatic N) is 1. The SMILES string of the molecule is CC(C)C[C@@H](C#CC(C)(C)C)OC(=O)N(C(C)C)C(C)C. The lowest BCUT2D eigenvalue weighted by molar-refractivity contribution is 0.0570. The molecule has 0 aromatic heterocycles. The summed E-state index contributed by atoms with van der Waals surface area (Å²) in [6.45, 7) is 18.4. The molecule has 0 aliphatic heterocycles. The van der Waals surface area contributed by atoms with E-state index < -0.39 is 0 Å². The minimum atomic E-state index is -0.336. The van der Waals surface area contributed by atoms with Crippen LogP contribution in [0, 0.1) is 23.2 Å². The van der Waals surface area contributed by atoms with Gasteiger partial charge >= 0.3 is 6.09 Å². The van der Waals surface area contributed by atoms with E-state index in [1.807, 2.05) is 27.7 Å². The molecular formula is C18H33NO2. The summed E-state index contributed by atoms with van der Waals surface area (Å²) in [4.78, 5) is 14.1. The summed E-state index contributed by atoms with van der Waals surface area (Å²) in [5.41, 5.74) is -0.0859. The monoisotopic (exact) mass is 295 g/mol. The van der Waals surface area contributed by atoms with Gasteiger partial charge in [0.1, 0.15) is 0 Å². The van der Waals surface area contributed by atoms with Crippen LogP contribution in [0.3, 0.4) is 0 Å². The molecule has 0 aliphatic rings. The minimum Gasteiger partial charge on any atom is -0.433 e. The topological polar surface area (TPSA) is 29.5 Å². The van der Waals surface area contributed by atoms with Gasteiger partial charge < -0.3 is 9.64 Å². The minimum absolute atomic E-state index is 0.0859. The van der Waals surface area contributed by atoms with E-state index in [0.29, 0.717) is 5.92 Å². The summed E-state index contributed by atoms with van der Waals surface area (Å²) in [6, 6.07) is 0.237. The first-order valence-electron chi connectivity index (χ1n) is 7.95. The molecule has 122 valence electrons. The molecule has 0 saturated heterocycles. The van der Waals surface area contributed by atoms with Crippen molar-refractivity contribution in [2.75, 3.05) is 0 Å². The van der Waals surface area contributed by atoms with Gasteiger partial charge in [0.05, 0.1) is 0 Å². The van der Waals surface area contributed by atoms with Crippen molar-refractivity contribution < 1.29 is 9.53 Å². The molecule has 0 bridgehead atoms. The van der Waals surface area contributed by atoms with Gasteiger partial charge in [-0.05, 0) is 60.8 Å². The average Bonchev–Trinajstić information content (AvgIpc) is 2.22. The number of ether oxygens (including phenoxy) is 1. The van der Waals surface area contributed by atoms with E-state index in [0.717, 1.165) is 6.42 Å². The normalized spacial score (nSPS) is 13.1. The van der Waals surface area contributed by atoms with Crippen LogP contribution >= 0.6 is 0 Å². The highest BCUT2D eigenvalue weighted by Gasteiger charge is 2.24. The lowest BCUT2D eigenvalue weighted by Crippen LogP contribution is -2.43. The van der Waals surface area contributed by atoms with Crippen LogP contribution in [-0.4, -0.2) is 29.2 Å². The van der Waals surface area contributed by atoms with Gasteiger partial charge in [-0.15, -0.1) is 0 Å². The molecule has 0 aromatic carbocycles. The molecule has 0 unspecified atom stereocenters. The van der Waals surface area contributed by atoms with Crippen LogP contribution in [0.5, 0.6) is 0 Å². The molecule has 0 aliphatic carbocycles. The van der Waals surface area contributed by atoms with E-state index in [1.165, 1.54) is 0 Å². The van der Waals surface area contributed by atoms with E-state index in [1.54, 1.807) is 4.90 Å². The summed E-state index contributed by atoms with van der Waals surface area (Å²) in [7, 11) is 0. The van der Waals surface area contributed by atoms with Gasteiger partial charge in [0, 0.05) is 17.5 Å². The quantitative estimate of drug-likeness (QED) is 0.688. The first kappa shape index (κ1) is 19.8. The molecular weight excluding hydrogens is 262 g/mol. The Kier molecular flexibility index (Phi) is 7.85. The number of carbonyl (C=O) groups is 1. The second kappa shape index (κ2) is 8.32. The van der Waals surface area contributed by atoms with Gasteiger partial charge in [-0.25, -0.2) is 4.79 Å². The van der Waals surface area contributed by atoms with Crippen molar-refractivity contribution in [2.24, 2.45) is 11.3 Å². The third-order valence-electron chi connectivity index (χ3n) is 2.86. The lowest BCUT2D eigenvalue weighted by Gasteiger charge is -2.31. The van der Waals surface area contributed by atoms with Gasteiger partial charge in [0.25, 0.3) is 0 Å². The summed E-state index contributed by atoms with van der Waals surface area (Å²) < 4.78 is 5.65. The number of hydrogen-bond donors (Lipinski definition) is 0. The number of rotatable bonds is 5. The fourth-order valence-corrected chi connectivity index (χ4v) is 2.06. The van der Waals surface area contributed by atoms with E-state index in [-0.39, 0.29) is 29.7 Å². The Morgan fingerprint density at radius 3 is 1.86 bits per heavy atom. The molecule has 0 radical (unpaired) electrons. The van der Waals surface area contributed by atoms with Crippen LogP contribution < -0.4 is 0 Å². The molecule has 0 heterocycles. The smallest absolute Gasteiger partial charge is 0.411 e. The van der Waals surface area contributed by atoms with Crippen LogP contribution in [0.2, 0.25) is 0 Å². The first-order valence-corrected chi connectivity index (χ1v) is 7.95. The molecule has 3 heteroatoms. The van der Waals surface area contributed by atoms with Crippen LogP contribution in [0.15, 0.2) is 0 Å². The zero-order chi connectivity index (χ0) is 16.8. The molecule has 0 N–H and O–H groups in total. The molecule has 0 spiro atoms. The summed E-state index contributed by atoms with van der Waals surface area (Å²) >= 11 is 0. The zero-order valence-electron chi connectivity index (χ0n) is 15.3. The maximum atomic E-state index is 12.4. The molecule has 0 rings (SSSR count). The molecule has 21 heavy (non-hydrogen) atoms. The summed E-state index contributed by atoms with van der Waals surface area (Å²) in [6.07, 6.45) is 0.157. The predicted octanol–water partition coefficient (Wildman–Crippen LogP) is 4.71. The van der Waals surface area contributed by atoms with Gasteiger partial charge in [0.15, 0.2) is 6.10 Å². The van der Waals surface area contributed by atoms with Crippen molar-refractivity contribution in [3.05, 3.63) is 0 Å². The predicted molar refractivity (Wildman–Crippen MR) is 89.1 cm³/mol. The van der Waals surface area contributed by atoms with Crippen LogP contribution in [0.1, 0.15) is 68.7 Å². The Morgan fingerprint density at radius 2 is 1.52 bits per heavy atom. The maximum Gasteiger partial charge on any atom is 0.411 e. The second-order valence-electron chi connectivity index (χ2n) is 7.62. The average molecular weight is 295 g/mol. The lowest BCUT2D eigenvalue weighted by atomic mass is 9.96. The third kappa shape index (κ3) is 8.65. The van der Waals surface area contributed by atoms with E-state index in [2.05, 4.69) is 46.5 Å². The second-order valence-corrected chi connectivity index (χ2v) is 7.62. The van der Waals surface area contributed by atoms with Gasteiger partial charge in [-0.2, -0.15) is 0 Å².